The highest BCUT2D eigenvalue weighted by atomic mass is 35.5. The summed E-state index contributed by atoms with van der Waals surface area (Å²) < 4.78 is 1.55. The number of nitrogens with one attached hydrogen (secondary N) is 1. The number of amides is 1. The Kier molecular flexibility index (Phi) is 5.40. The molecule has 0 radical (unpaired) electrons. The van der Waals surface area contributed by atoms with E-state index in [2.05, 4.69) is 30.5 Å². The fourth-order valence-corrected chi connectivity index (χ4v) is 3.64. The van der Waals surface area contributed by atoms with Crippen molar-refractivity contribution in [3.63, 3.8) is 0 Å². The van der Waals surface area contributed by atoms with Crippen LogP contribution in [0.2, 0.25) is 10.0 Å². The highest BCUT2D eigenvalue weighted by Gasteiger charge is 2.26. The van der Waals surface area contributed by atoms with Crippen LogP contribution in [0, 0.1) is 5.92 Å². The topological polar surface area (TPSA) is 88.8 Å². The average molecular weight is 418 g/mol. The van der Waals surface area contributed by atoms with Gasteiger partial charge in [-0.2, -0.15) is 5.10 Å². The quantitative estimate of drug-likeness (QED) is 0.700. The molecular weight excluding hydrogens is 401 g/mol. The van der Waals surface area contributed by atoms with Crippen molar-refractivity contribution in [1.82, 2.24) is 25.0 Å². The third-order valence-electron chi connectivity index (χ3n) is 4.69. The lowest BCUT2D eigenvalue weighted by molar-refractivity contribution is -0.120. The van der Waals surface area contributed by atoms with Gasteiger partial charge in [0.25, 0.3) is 0 Å². The van der Waals surface area contributed by atoms with Gasteiger partial charge in [-0.05, 0) is 37.1 Å². The third-order valence-corrected chi connectivity index (χ3v) is 5.32. The van der Waals surface area contributed by atoms with E-state index in [1.165, 1.54) is 6.33 Å². The van der Waals surface area contributed by atoms with Crippen LogP contribution in [-0.2, 0) is 4.79 Å². The van der Waals surface area contributed by atoms with Gasteiger partial charge in [-0.25, -0.2) is 9.67 Å². The molecule has 1 amide bonds. The van der Waals surface area contributed by atoms with Gasteiger partial charge in [0, 0.05) is 19.0 Å². The summed E-state index contributed by atoms with van der Waals surface area (Å²) in [5.41, 5.74) is 0.466. The van der Waals surface area contributed by atoms with Crippen molar-refractivity contribution in [2.75, 3.05) is 23.3 Å². The van der Waals surface area contributed by atoms with Gasteiger partial charge in [-0.3, -0.25) is 4.79 Å². The lowest BCUT2D eigenvalue weighted by Gasteiger charge is -2.31. The van der Waals surface area contributed by atoms with Crippen molar-refractivity contribution in [1.29, 1.82) is 0 Å². The maximum Gasteiger partial charge on any atom is 0.227 e. The third kappa shape index (κ3) is 3.93. The Labute approximate surface area is 171 Å². The van der Waals surface area contributed by atoms with Gasteiger partial charge >= 0.3 is 0 Å². The first kappa shape index (κ1) is 18.6. The summed E-state index contributed by atoms with van der Waals surface area (Å²) in [6, 6.07) is 8.89. The minimum Gasteiger partial charge on any atom is -0.355 e. The van der Waals surface area contributed by atoms with Crippen molar-refractivity contribution < 1.29 is 4.79 Å². The minimum absolute atomic E-state index is 0.0673. The molecule has 144 valence electrons. The highest BCUT2D eigenvalue weighted by molar-refractivity contribution is 6.39. The predicted octanol–water partition coefficient (Wildman–Crippen LogP) is 3.22. The van der Waals surface area contributed by atoms with Crippen LogP contribution >= 0.6 is 23.2 Å². The van der Waals surface area contributed by atoms with Crippen molar-refractivity contribution in [3.8, 4) is 5.82 Å². The Morgan fingerprint density at radius 3 is 2.32 bits per heavy atom. The lowest BCUT2D eigenvalue weighted by atomic mass is 9.96. The largest absolute Gasteiger partial charge is 0.355 e. The van der Waals surface area contributed by atoms with Gasteiger partial charge in [0.2, 0.25) is 5.91 Å². The summed E-state index contributed by atoms with van der Waals surface area (Å²) in [5, 5.41) is 16.2. The van der Waals surface area contributed by atoms with E-state index in [4.69, 9.17) is 23.2 Å². The van der Waals surface area contributed by atoms with Crippen LogP contribution in [-0.4, -0.2) is 44.0 Å². The van der Waals surface area contributed by atoms with E-state index in [0.717, 1.165) is 5.82 Å². The molecule has 1 N–H and O–H groups in total. The van der Waals surface area contributed by atoms with E-state index in [0.29, 0.717) is 47.5 Å². The standard InChI is InChI=1S/C18H17Cl2N7O/c19-13-2-1-3-14(20)17(13)23-18(28)12-6-8-26(9-7-12)15-4-5-16(25-24-15)27-11-21-10-22-27/h1-5,10-12H,6-9H2,(H,23,28). The molecule has 0 saturated carbocycles. The van der Waals surface area contributed by atoms with E-state index in [1.807, 2.05) is 12.1 Å². The summed E-state index contributed by atoms with van der Waals surface area (Å²) in [5.74, 6) is 1.21. The molecule has 1 aliphatic heterocycles. The number of hydrogen-bond acceptors (Lipinski definition) is 6. The molecule has 10 heteroatoms. The van der Waals surface area contributed by atoms with Crippen molar-refractivity contribution in [3.05, 3.63) is 53.0 Å². The molecule has 0 spiro atoms. The average Bonchev–Trinajstić information content (AvgIpc) is 3.26. The Bertz CT molecular complexity index is 934. The fraction of sp³-hybridized carbons (Fsp3) is 0.278. The van der Waals surface area contributed by atoms with Crippen LogP contribution in [0.4, 0.5) is 11.5 Å². The second kappa shape index (κ2) is 8.12. The van der Waals surface area contributed by atoms with Crippen LogP contribution in [0.5, 0.6) is 0 Å². The molecule has 0 aliphatic carbocycles. The first-order chi connectivity index (χ1) is 13.6. The number of anilines is 2. The molecule has 1 aromatic carbocycles. The van der Waals surface area contributed by atoms with E-state index in [9.17, 15) is 4.79 Å². The highest BCUT2D eigenvalue weighted by Crippen LogP contribution is 2.31. The van der Waals surface area contributed by atoms with Gasteiger partial charge in [0.1, 0.15) is 12.7 Å². The van der Waals surface area contributed by atoms with Gasteiger partial charge in [0.15, 0.2) is 11.6 Å². The molecule has 2 aromatic heterocycles. The summed E-state index contributed by atoms with van der Waals surface area (Å²) in [4.78, 5) is 18.6. The summed E-state index contributed by atoms with van der Waals surface area (Å²) in [7, 11) is 0. The first-order valence-electron chi connectivity index (χ1n) is 8.80. The molecule has 4 rings (SSSR count). The molecule has 1 fully saturated rings. The van der Waals surface area contributed by atoms with Crippen LogP contribution in [0.1, 0.15) is 12.8 Å². The summed E-state index contributed by atoms with van der Waals surface area (Å²) in [6.07, 6.45) is 4.43. The van der Waals surface area contributed by atoms with Crippen LogP contribution in [0.25, 0.3) is 5.82 Å². The number of piperidine rings is 1. The number of benzene rings is 1. The van der Waals surface area contributed by atoms with Crippen LogP contribution in [0.3, 0.4) is 0 Å². The maximum absolute atomic E-state index is 12.6. The Hall–Kier alpha value is -2.71. The minimum atomic E-state index is -0.106. The molecule has 0 unspecified atom stereocenters. The normalized spacial score (nSPS) is 14.9. The van der Waals surface area contributed by atoms with Gasteiger partial charge in [0.05, 0.1) is 15.7 Å². The second-order valence-electron chi connectivity index (χ2n) is 6.44. The zero-order chi connectivity index (χ0) is 19.5. The van der Waals surface area contributed by atoms with Crippen molar-refractivity contribution in [2.45, 2.75) is 12.8 Å². The number of halogens is 2. The number of carbonyl (C=O) groups excluding carboxylic acids is 1. The lowest BCUT2D eigenvalue weighted by Crippen LogP contribution is -2.38. The number of rotatable bonds is 4. The summed E-state index contributed by atoms with van der Waals surface area (Å²) >= 11 is 12.3. The number of para-hydroxylation sites is 1. The van der Waals surface area contributed by atoms with Crippen LogP contribution < -0.4 is 10.2 Å². The Morgan fingerprint density at radius 2 is 1.71 bits per heavy atom. The number of hydrogen-bond donors (Lipinski definition) is 1. The number of nitrogens with zero attached hydrogens (tertiary/aromatic N) is 6. The molecule has 0 atom stereocenters. The summed E-state index contributed by atoms with van der Waals surface area (Å²) in [6.45, 7) is 1.43. The molecule has 3 heterocycles. The Balaban J connectivity index is 1.36. The van der Waals surface area contributed by atoms with Crippen LogP contribution in [0.15, 0.2) is 43.0 Å². The predicted molar refractivity (Wildman–Crippen MR) is 107 cm³/mol. The van der Waals surface area contributed by atoms with Crippen molar-refractivity contribution in [2.24, 2.45) is 5.92 Å². The van der Waals surface area contributed by atoms with Crippen molar-refractivity contribution >= 4 is 40.6 Å². The molecule has 28 heavy (non-hydrogen) atoms. The number of carbonyl (C=O) groups is 1. The van der Waals surface area contributed by atoms with Gasteiger partial charge in [-0.15, -0.1) is 10.2 Å². The van der Waals surface area contributed by atoms with Gasteiger partial charge < -0.3 is 10.2 Å². The molecular formula is C18H17Cl2N7O. The van der Waals surface area contributed by atoms with Gasteiger partial charge in [-0.1, -0.05) is 29.3 Å². The molecule has 8 nitrogen and oxygen atoms in total. The SMILES string of the molecule is O=C(Nc1c(Cl)cccc1Cl)C1CCN(c2ccc(-n3cncn3)nn2)CC1. The monoisotopic (exact) mass is 417 g/mol. The zero-order valence-corrected chi connectivity index (χ0v) is 16.3. The molecule has 1 saturated heterocycles. The van der Waals surface area contributed by atoms with E-state index in [-0.39, 0.29) is 11.8 Å². The smallest absolute Gasteiger partial charge is 0.227 e. The first-order valence-corrected chi connectivity index (χ1v) is 9.56. The maximum atomic E-state index is 12.6. The van der Waals surface area contributed by atoms with E-state index >= 15 is 0 Å². The molecule has 1 aliphatic rings. The Morgan fingerprint density at radius 1 is 1.04 bits per heavy atom. The fourth-order valence-electron chi connectivity index (χ4n) is 3.15. The van der Waals surface area contributed by atoms with E-state index < -0.39 is 0 Å². The second-order valence-corrected chi connectivity index (χ2v) is 7.25. The molecule has 0 bridgehead atoms. The molecule has 3 aromatic rings. The number of aromatic nitrogens is 5. The zero-order valence-electron chi connectivity index (χ0n) is 14.8. The van der Waals surface area contributed by atoms with E-state index in [1.54, 1.807) is 29.2 Å².